The Morgan fingerprint density at radius 2 is 1.41 bits per heavy atom. The molecule has 7 nitrogen and oxygen atoms in total. The van der Waals surface area contributed by atoms with Crippen molar-refractivity contribution in [2.45, 2.75) is 25.7 Å². The smallest absolute Gasteiger partial charge is 0.294 e. The van der Waals surface area contributed by atoms with Crippen LogP contribution in [0.4, 0.5) is 11.4 Å². The van der Waals surface area contributed by atoms with E-state index in [1.54, 1.807) is 26.0 Å². The van der Waals surface area contributed by atoms with Gasteiger partial charge in [0.25, 0.3) is 10.1 Å². The number of fused-ring (bicyclic) bond motifs is 2. The standard InChI is InChI=1S/C23H20N2O5S.Cu/c1-12-10-19(26)22(18-7-5-4-6-17(12)18)25-24-21-14(3)8-15-11-16(31(28,29)30)9-13(2)20(15)23(21)27;/h4-11,26-27H,1-3H3,(H,28,29,30);. The molecule has 32 heavy (non-hydrogen) atoms. The minimum Gasteiger partial charge on any atom is -0.506 e. The van der Waals surface area contributed by atoms with E-state index in [0.717, 1.165) is 16.3 Å². The molecule has 0 atom stereocenters. The molecule has 0 aliphatic heterocycles. The number of hydrogen-bond acceptors (Lipinski definition) is 6. The van der Waals surface area contributed by atoms with Crippen LogP contribution in [0.5, 0.6) is 11.5 Å². The van der Waals surface area contributed by atoms with E-state index in [2.05, 4.69) is 10.2 Å². The fourth-order valence-electron chi connectivity index (χ4n) is 3.83. The molecule has 0 aliphatic carbocycles. The molecule has 0 heterocycles. The molecule has 0 aromatic heterocycles. The van der Waals surface area contributed by atoms with Gasteiger partial charge in [0, 0.05) is 27.8 Å². The SMILES string of the molecule is Cc1cc2cc(S(=O)(=O)O)cc(C)c2c(O)c1N=Nc1c(O)cc(C)c2ccccc12.[Cu]. The summed E-state index contributed by atoms with van der Waals surface area (Å²) < 4.78 is 32.4. The third kappa shape index (κ3) is 4.08. The molecule has 0 saturated carbocycles. The van der Waals surface area contributed by atoms with Crippen LogP contribution in [-0.4, -0.2) is 23.2 Å². The van der Waals surface area contributed by atoms with Gasteiger partial charge < -0.3 is 10.2 Å². The first-order chi connectivity index (χ1) is 14.6. The number of aryl methyl sites for hydroxylation is 3. The van der Waals surface area contributed by atoms with E-state index in [0.29, 0.717) is 27.6 Å². The number of azo groups is 1. The van der Waals surface area contributed by atoms with Crippen LogP contribution in [-0.2, 0) is 27.2 Å². The normalized spacial score (nSPS) is 11.9. The van der Waals surface area contributed by atoms with E-state index in [-0.39, 0.29) is 39.2 Å². The van der Waals surface area contributed by atoms with Crippen LogP contribution in [0, 0.1) is 20.8 Å². The molecular formula is C23H20CuN2O5S. The number of benzene rings is 4. The molecule has 4 aromatic rings. The van der Waals surface area contributed by atoms with E-state index in [1.165, 1.54) is 12.1 Å². The maximum absolute atomic E-state index is 11.5. The van der Waals surface area contributed by atoms with Crippen molar-refractivity contribution in [1.29, 1.82) is 0 Å². The molecule has 4 aromatic carbocycles. The second-order valence-electron chi connectivity index (χ2n) is 7.51. The average Bonchev–Trinajstić information content (AvgIpc) is 2.68. The van der Waals surface area contributed by atoms with Crippen LogP contribution >= 0.6 is 0 Å². The number of phenols is 2. The number of phenolic OH excluding ortho intramolecular Hbond substituents is 2. The van der Waals surface area contributed by atoms with Gasteiger partial charge in [-0.25, -0.2) is 0 Å². The topological polar surface area (TPSA) is 120 Å². The molecule has 169 valence electrons. The Kier molecular flexibility index (Phi) is 6.31. The number of rotatable bonds is 3. The Bertz CT molecular complexity index is 1510. The van der Waals surface area contributed by atoms with Crippen LogP contribution in [0.1, 0.15) is 16.7 Å². The third-order valence-corrected chi connectivity index (χ3v) is 6.13. The van der Waals surface area contributed by atoms with Gasteiger partial charge in [0.05, 0.1) is 4.90 Å². The Hall–Kier alpha value is -2.97. The molecule has 3 N–H and O–H groups in total. The Labute approximate surface area is 195 Å². The number of nitrogens with zero attached hydrogens (tertiary/aromatic N) is 2. The molecule has 9 heteroatoms. The van der Waals surface area contributed by atoms with Crippen molar-refractivity contribution in [3.8, 4) is 11.5 Å². The van der Waals surface area contributed by atoms with E-state index < -0.39 is 10.1 Å². The average molecular weight is 500 g/mol. The molecule has 0 fully saturated rings. The summed E-state index contributed by atoms with van der Waals surface area (Å²) in [5, 5.41) is 32.3. The van der Waals surface area contributed by atoms with Gasteiger partial charge in [-0.3, -0.25) is 4.55 Å². The summed E-state index contributed by atoms with van der Waals surface area (Å²) >= 11 is 0. The van der Waals surface area contributed by atoms with Gasteiger partial charge in [0.1, 0.15) is 17.1 Å². The fourth-order valence-corrected chi connectivity index (χ4v) is 4.43. The van der Waals surface area contributed by atoms with Crippen molar-refractivity contribution in [2.24, 2.45) is 10.2 Å². The Balaban J connectivity index is 0.00000289. The largest absolute Gasteiger partial charge is 0.506 e. The first-order valence-corrected chi connectivity index (χ1v) is 10.9. The zero-order valence-electron chi connectivity index (χ0n) is 17.4. The molecule has 1 radical (unpaired) electrons. The first-order valence-electron chi connectivity index (χ1n) is 9.45. The maximum atomic E-state index is 11.5. The minimum atomic E-state index is -4.38. The number of aromatic hydroxyl groups is 2. The van der Waals surface area contributed by atoms with Gasteiger partial charge in [-0.05, 0) is 72.5 Å². The molecule has 0 bridgehead atoms. The van der Waals surface area contributed by atoms with E-state index in [1.807, 2.05) is 31.2 Å². The van der Waals surface area contributed by atoms with Crippen LogP contribution in [0.15, 0.2) is 63.7 Å². The second kappa shape index (κ2) is 8.52. The molecular weight excluding hydrogens is 480 g/mol. The van der Waals surface area contributed by atoms with E-state index in [4.69, 9.17) is 0 Å². The molecule has 0 amide bonds. The van der Waals surface area contributed by atoms with Gasteiger partial charge in [0.2, 0.25) is 0 Å². The minimum absolute atomic E-state index is 0. The van der Waals surface area contributed by atoms with Crippen molar-refractivity contribution in [1.82, 2.24) is 0 Å². The van der Waals surface area contributed by atoms with Crippen LogP contribution in [0.3, 0.4) is 0 Å². The van der Waals surface area contributed by atoms with Crippen molar-refractivity contribution in [2.75, 3.05) is 0 Å². The van der Waals surface area contributed by atoms with Gasteiger partial charge in [-0.1, -0.05) is 24.3 Å². The predicted octanol–water partition coefficient (Wildman–Crippen LogP) is 5.99. The Morgan fingerprint density at radius 3 is 2.06 bits per heavy atom. The van der Waals surface area contributed by atoms with Gasteiger partial charge in [-0.15, -0.1) is 10.2 Å². The van der Waals surface area contributed by atoms with Gasteiger partial charge in [0.15, 0.2) is 5.75 Å². The van der Waals surface area contributed by atoms with Crippen LogP contribution < -0.4 is 0 Å². The predicted molar refractivity (Wildman–Crippen MR) is 119 cm³/mol. The van der Waals surface area contributed by atoms with Crippen molar-refractivity contribution >= 4 is 43.0 Å². The summed E-state index contributed by atoms with van der Waals surface area (Å²) in [7, 11) is -4.38. The van der Waals surface area contributed by atoms with Crippen LogP contribution in [0.2, 0.25) is 0 Å². The van der Waals surface area contributed by atoms with Crippen molar-refractivity contribution < 1.29 is 40.3 Å². The van der Waals surface area contributed by atoms with Gasteiger partial charge in [-0.2, -0.15) is 8.42 Å². The van der Waals surface area contributed by atoms with Crippen LogP contribution in [0.25, 0.3) is 21.5 Å². The quantitative estimate of drug-likeness (QED) is 0.182. The molecule has 0 spiro atoms. The Morgan fingerprint density at radius 1 is 0.781 bits per heavy atom. The maximum Gasteiger partial charge on any atom is 0.294 e. The zero-order valence-corrected chi connectivity index (χ0v) is 19.1. The molecule has 0 aliphatic rings. The van der Waals surface area contributed by atoms with E-state index >= 15 is 0 Å². The fraction of sp³-hybridized carbons (Fsp3) is 0.130. The van der Waals surface area contributed by atoms with Gasteiger partial charge >= 0.3 is 0 Å². The summed E-state index contributed by atoms with van der Waals surface area (Å²) in [6.45, 7) is 5.23. The summed E-state index contributed by atoms with van der Waals surface area (Å²) in [6.07, 6.45) is 0. The van der Waals surface area contributed by atoms with Crippen molar-refractivity contribution in [3.05, 3.63) is 65.2 Å². The summed E-state index contributed by atoms with van der Waals surface area (Å²) in [4.78, 5) is -0.248. The first kappa shape index (κ1) is 23.7. The summed E-state index contributed by atoms with van der Waals surface area (Å²) in [5.41, 5.74) is 2.42. The zero-order chi connectivity index (χ0) is 22.5. The molecule has 4 rings (SSSR count). The second-order valence-corrected chi connectivity index (χ2v) is 8.93. The summed E-state index contributed by atoms with van der Waals surface area (Å²) in [5.74, 6) is -0.180. The number of hydrogen-bond donors (Lipinski definition) is 3. The van der Waals surface area contributed by atoms with E-state index in [9.17, 15) is 23.2 Å². The third-order valence-electron chi connectivity index (χ3n) is 5.30. The molecule has 0 unspecified atom stereocenters. The molecule has 0 saturated heterocycles. The summed E-state index contributed by atoms with van der Waals surface area (Å²) in [6, 6.07) is 13.4. The van der Waals surface area contributed by atoms with Crippen molar-refractivity contribution in [3.63, 3.8) is 0 Å². The monoisotopic (exact) mass is 499 g/mol.